The Kier molecular flexibility index (Phi) is 4.02. The number of amides is 1. The zero-order valence-corrected chi connectivity index (χ0v) is 13.4. The average molecular weight is 325 g/mol. The van der Waals surface area contributed by atoms with E-state index in [1.807, 2.05) is 23.1 Å². The number of ether oxygens (including phenoxy) is 2. The molecule has 0 spiro atoms. The molecule has 6 nitrogen and oxygen atoms in total. The first kappa shape index (κ1) is 14.9. The van der Waals surface area contributed by atoms with E-state index in [1.54, 1.807) is 18.6 Å². The van der Waals surface area contributed by atoms with Crippen LogP contribution in [0.25, 0.3) is 0 Å². The van der Waals surface area contributed by atoms with Crippen LogP contribution in [0.5, 0.6) is 11.5 Å². The minimum absolute atomic E-state index is 0.00839. The molecular formula is C18H19N3O3. The van der Waals surface area contributed by atoms with E-state index in [0.29, 0.717) is 36.8 Å². The molecule has 0 radical (unpaired) electrons. The topological polar surface area (TPSA) is 64.6 Å². The van der Waals surface area contributed by atoms with Gasteiger partial charge in [0, 0.05) is 37.6 Å². The lowest BCUT2D eigenvalue weighted by Crippen LogP contribution is -2.39. The Morgan fingerprint density at radius 1 is 1.21 bits per heavy atom. The third-order valence-corrected chi connectivity index (χ3v) is 4.51. The monoisotopic (exact) mass is 325 g/mol. The van der Waals surface area contributed by atoms with E-state index in [1.165, 1.54) is 0 Å². The summed E-state index contributed by atoms with van der Waals surface area (Å²) in [4.78, 5) is 23.4. The molecule has 1 unspecified atom stereocenters. The van der Waals surface area contributed by atoms with Gasteiger partial charge in [-0.2, -0.15) is 0 Å². The van der Waals surface area contributed by atoms with Gasteiger partial charge in [0.25, 0.3) is 5.91 Å². The van der Waals surface area contributed by atoms with Crippen molar-refractivity contribution in [3.63, 3.8) is 0 Å². The fraction of sp³-hybridized carbons (Fsp3) is 0.389. The zero-order valence-electron chi connectivity index (χ0n) is 13.4. The number of rotatable bonds is 2. The zero-order chi connectivity index (χ0) is 16.4. The van der Waals surface area contributed by atoms with Crippen LogP contribution in [0.2, 0.25) is 0 Å². The second-order valence-corrected chi connectivity index (χ2v) is 6.05. The van der Waals surface area contributed by atoms with Crippen molar-refractivity contribution < 1.29 is 14.3 Å². The number of carbonyl (C=O) groups is 1. The summed E-state index contributed by atoms with van der Waals surface area (Å²) in [5.74, 6) is 1.43. The lowest BCUT2D eigenvalue weighted by atomic mass is 9.94. The minimum Gasteiger partial charge on any atom is -0.486 e. The molecule has 1 fully saturated rings. The molecule has 1 amide bonds. The first-order valence-electron chi connectivity index (χ1n) is 8.27. The largest absolute Gasteiger partial charge is 0.486 e. The summed E-state index contributed by atoms with van der Waals surface area (Å²) in [6, 6.07) is 5.48. The number of para-hydroxylation sites is 1. The lowest BCUT2D eigenvalue weighted by molar-refractivity contribution is 0.0695. The Bertz CT molecular complexity index is 736. The Balaban J connectivity index is 1.56. The van der Waals surface area contributed by atoms with E-state index >= 15 is 0 Å². The number of benzene rings is 1. The van der Waals surface area contributed by atoms with Crippen LogP contribution in [0.1, 0.15) is 34.8 Å². The summed E-state index contributed by atoms with van der Waals surface area (Å²) in [5, 5.41) is 0. The van der Waals surface area contributed by atoms with E-state index in [0.717, 1.165) is 25.1 Å². The van der Waals surface area contributed by atoms with E-state index in [2.05, 4.69) is 9.97 Å². The van der Waals surface area contributed by atoms with Crippen molar-refractivity contribution in [2.45, 2.75) is 18.8 Å². The van der Waals surface area contributed by atoms with Crippen LogP contribution in [-0.4, -0.2) is 47.1 Å². The number of aromatic nitrogens is 2. The second-order valence-electron chi connectivity index (χ2n) is 6.05. The van der Waals surface area contributed by atoms with Crippen molar-refractivity contribution in [1.82, 2.24) is 14.9 Å². The Labute approximate surface area is 140 Å². The van der Waals surface area contributed by atoms with E-state index in [4.69, 9.17) is 9.47 Å². The number of piperidine rings is 1. The number of carbonyl (C=O) groups excluding carboxylic acids is 1. The smallest absolute Gasteiger partial charge is 0.257 e. The van der Waals surface area contributed by atoms with E-state index in [-0.39, 0.29) is 11.8 Å². The quantitative estimate of drug-likeness (QED) is 0.847. The van der Waals surface area contributed by atoms with Crippen molar-refractivity contribution in [3.05, 3.63) is 48.0 Å². The molecule has 1 aromatic carbocycles. The number of likely N-dealkylation sites (tertiary alicyclic amines) is 1. The number of fused-ring (bicyclic) bond motifs is 1. The normalized spacial score (nSPS) is 19.8. The van der Waals surface area contributed by atoms with Gasteiger partial charge in [-0.25, -0.2) is 0 Å². The molecule has 0 aliphatic carbocycles. The average Bonchev–Trinajstić information content (AvgIpc) is 2.68. The molecular weight excluding hydrogens is 306 g/mol. The third kappa shape index (κ3) is 2.79. The van der Waals surface area contributed by atoms with Gasteiger partial charge in [0.2, 0.25) is 0 Å². The predicted octanol–water partition coefficient (Wildman–Crippen LogP) is 2.27. The van der Waals surface area contributed by atoms with Gasteiger partial charge in [-0.3, -0.25) is 14.8 Å². The molecule has 2 aliphatic rings. The maximum atomic E-state index is 13.0. The molecule has 124 valence electrons. The molecule has 0 bridgehead atoms. The molecule has 0 N–H and O–H groups in total. The first-order chi connectivity index (χ1) is 11.8. The van der Waals surface area contributed by atoms with Crippen LogP contribution < -0.4 is 9.47 Å². The van der Waals surface area contributed by atoms with Crippen LogP contribution >= 0.6 is 0 Å². The maximum Gasteiger partial charge on any atom is 0.257 e. The van der Waals surface area contributed by atoms with Crippen LogP contribution in [-0.2, 0) is 0 Å². The van der Waals surface area contributed by atoms with Crippen molar-refractivity contribution in [3.8, 4) is 11.5 Å². The number of nitrogens with zero attached hydrogens (tertiary/aromatic N) is 3. The van der Waals surface area contributed by atoms with E-state index < -0.39 is 0 Å². The SMILES string of the molecule is O=C(c1cccc2c1OCCO2)N1CCCC(c2cnccn2)C1. The van der Waals surface area contributed by atoms with Crippen molar-refractivity contribution in [2.75, 3.05) is 26.3 Å². The Morgan fingerprint density at radius 2 is 2.12 bits per heavy atom. The van der Waals surface area contributed by atoms with Gasteiger partial charge in [0.05, 0.1) is 11.3 Å². The van der Waals surface area contributed by atoms with Gasteiger partial charge in [-0.15, -0.1) is 0 Å². The summed E-state index contributed by atoms with van der Waals surface area (Å²) in [7, 11) is 0. The lowest BCUT2D eigenvalue weighted by Gasteiger charge is -2.33. The van der Waals surface area contributed by atoms with Gasteiger partial charge >= 0.3 is 0 Å². The van der Waals surface area contributed by atoms with Gasteiger partial charge < -0.3 is 14.4 Å². The second kappa shape index (κ2) is 6.47. The molecule has 2 aliphatic heterocycles. The van der Waals surface area contributed by atoms with Gasteiger partial charge in [-0.05, 0) is 25.0 Å². The van der Waals surface area contributed by atoms with Gasteiger partial charge in [-0.1, -0.05) is 6.07 Å². The molecule has 1 aromatic heterocycles. The third-order valence-electron chi connectivity index (χ3n) is 4.51. The van der Waals surface area contributed by atoms with Crippen LogP contribution in [0.15, 0.2) is 36.8 Å². The molecule has 2 aromatic rings. The highest BCUT2D eigenvalue weighted by molar-refractivity contribution is 5.98. The first-order valence-corrected chi connectivity index (χ1v) is 8.27. The Morgan fingerprint density at radius 3 is 3.00 bits per heavy atom. The fourth-order valence-corrected chi connectivity index (χ4v) is 3.34. The van der Waals surface area contributed by atoms with Crippen molar-refractivity contribution >= 4 is 5.91 Å². The van der Waals surface area contributed by atoms with E-state index in [9.17, 15) is 4.79 Å². The number of hydrogen-bond donors (Lipinski definition) is 0. The number of hydrogen-bond acceptors (Lipinski definition) is 5. The van der Waals surface area contributed by atoms with Crippen LogP contribution in [0, 0.1) is 0 Å². The highest BCUT2D eigenvalue weighted by atomic mass is 16.6. The van der Waals surface area contributed by atoms with Crippen molar-refractivity contribution in [2.24, 2.45) is 0 Å². The standard InChI is InChI=1S/C18H19N3O3/c22-18(14-4-1-5-16-17(14)24-10-9-23-16)21-8-2-3-13(12-21)15-11-19-6-7-20-15/h1,4-7,11,13H,2-3,8-10,12H2. The fourth-order valence-electron chi connectivity index (χ4n) is 3.34. The molecule has 1 atom stereocenters. The molecule has 24 heavy (non-hydrogen) atoms. The summed E-state index contributed by atoms with van der Waals surface area (Å²) >= 11 is 0. The molecule has 0 saturated carbocycles. The summed E-state index contributed by atoms with van der Waals surface area (Å²) in [5.41, 5.74) is 1.52. The highest BCUT2D eigenvalue weighted by Crippen LogP contribution is 2.35. The predicted molar refractivity (Wildman–Crippen MR) is 87.3 cm³/mol. The van der Waals surface area contributed by atoms with Crippen LogP contribution in [0.4, 0.5) is 0 Å². The minimum atomic E-state index is -0.00839. The highest BCUT2D eigenvalue weighted by Gasteiger charge is 2.29. The summed E-state index contributed by atoms with van der Waals surface area (Å²) in [6.45, 7) is 2.39. The maximum absolute atomic E-state index is 13.0. The molecule has 4 rings (SSSR count). The Hall–Kier alpha value is -2.63. The van der Waals surface area contributed by atoms with Gasteiger partial charge in [0.1, 0.15) is 13.2 Å². The summed E-state index contributed by atoms with van der Waals surface area (Å²) in [6.07, 6.45) is 7.14. The van der Waals surface area contributed by atoms with Crippen LogP contribution in [0.3, 0.4) is 0 Å². The molecule has 1 saturated heterocycles. The summed E-state index contributed by atoms with van der Waals surface area (Å²) < 4.78 is 11.3. The van der Waals surface area contributed by atoms with Gasteiger partial charge in [0.15, 0.2) is 11.5 Å². The molecule has 6 heteroatoms. The molecule has 3 heterocycles. The van der Waals surface area contributed by atoms with Crippen molar-refractivity contribution in [1.29, 1.82) is 0 Å².